The second kappa shape index (κ2) is 9.24. The van der Waals surface area contributed by atoms with Gasteiger partial charge in [0.1, 0.15) is 18.0 Å². The van der Waals surface area contributed by atoms with Crippen LogP contribution in [0.4, 0.5) is 4.79 Å². The molecule has 178 valence electrons. The van der Waals surface area contributed by atoms with Gasteiger partial charge in [0.25, 0.3) is 0 Å². The molecule has 0 aliphatic carbocycles. The zero-order chi connectivity index (χ0) is 23.7. The Morgan fingerprint density at radius 2 is 1.81 bits per heavy atom. The van der Waals surface area contributed by atoms with Crippen molar-refractivity contribution in [1.29, 1.82) is 0 Å². The van der Waals surface area contributed by atoms with Gasteiger partial charge in [-0.25, -0.2) is 4.79 Å². The second-order valence-corrected chi connectivity index (χ2v) is 10.8. The Morgan fingerprint density at radius 1 is 1.16 bits per heavy atom. The summed E-state index contributed by atoms with van der Waals surface area (Å²) in [7, 11) is -0.398. The third-order valence-electron chi connectivity index (χ3n) is 6.40. The highest BCUT2D eigenvalue weighted by molar-refractivity contribution is 6.62. The van der Waals surface area contributed by atoms with E-state index in [-0.39, 0.29) is 23.3 Å². The lowest BCUT2D eigenvalue weighted by Crippen LogP contribution is -2.55. The molecular formula is C24H39BN2O5. The van der Waals surface area contributed by atoms with Crippen molar-refractivity contribution in [3.63, 3.8) is 0 Å². The summed E-state index contributed by atoms with van der Waals surface area (Å²) in [6, 6.07) is 8.03. The fourth-order valence-corrected chi connectivity index (χ4v) is 3.85. The van der Waals surface area contributed by atoms with Crippen molar-refractivity contribution in [2.75, 3.05) is 32.8 Å². The van der Waals surface area contributed by atoms with Crippen LogP contribution in [0.5, 0.6) is 5.75 Å². The standard InChI is InChI=1S/C24H39BN2O5/c1-18-17-26(12-13-27(18)21(28)30-22(2,3)4)14-15-29-20-11-9-10-19(16-20)25-31-23(5,6)24(7,8)32-25/h9-11,16,18H,12-15,17H2,1-8H3/t18-/m0/s1. The van der Waals surface area contributed by atoms with E-state index in [2.05, 4.69) is 39.5 Å². The summed E-state index contributed by atoms with van der Waals surface area (Å²) in [5.41, 5.74) is -0.254. The molecule has 2 aliphatic rings. The first kappa shape index (κ1) is 24.9. The zero-order valence-corrected chi connectivity index (χ0v) is 20.9. The summed E-state index contributed by atoms with van der Waals surface area (Å²) < 4.78 is 23.8. The van der Waals surface area contributed by atoms with Gasteiger partial charge in [-0.1, -0.05) is 12.1 Å². The second-order valence-electron chi connectivity index (χ2n) is 10.8. The summed E-state index contributed by atoms with van der Waals surface area (Å²) in [5.74, 6) is 0.803. The van der Waals surface area contributed by atoms with Crippen LogP contribution in [0.15, 0.2) is 24.3 Å². The Bertz CT molecular complexity index is 792. The molecule has 2 fully saturated rings. The van der Waals surface area contributed by atoms with Crippen LogP contribution in [0.1, 0.15) is 55.4 Å². The van der Waals surface area contributed by atoms with Gasteiger partial charge < -0.3 is 23.7 Å². The maximum Gasteiger partial charge on any atom is 0.494 e. The lowest BCUT2D eigenvalue weighted by Gasteiger charge is -2.40. The molecule has 1 atom stereocenters. The molecule has 2 heterocycles. The fraction of sp³-hybridized carbons (Fsp3) is 0.708. The molecule has 1 amide bonds. The molecule has 0 bridgehead atoms. The van der Waals surface area contributed by atoms with Crippen molar-refractivity contribution in [2.45, 2.75) is 78.2 Å². The highest BCUT2D eigenvalue weighted by Crippen LogP contribution is 2.36. The summed E-state index contributed by atoms with van der Waals surface area (Å²) in [6.45, 7) is 19.6. The summed E-state index contributed by atoms with van der Waals surface area (Å²) in [5, 5.41) is 0. The molecule has 0 unspecified atom stereocenters. The number of ether oxygens (including phenoxy) is 2. The van der Waals surface area contributed by atoms with Gasteiger partial charge in [0.15, 0.2) is 0 Å². The molecular weight excluding hydrogens is 407 g/mol. The van der Waals surface area contributed by atoms with E-state index in [1.807, 2.05) is 49.9 Å². The van der Waals surface area contributed by atoms with Gasteiger partial charge in [0, 0.05) is 32.2 Å². The van der Waals surface area contributed by atoms with E-state index >= 15 is 0 Å². The van der Waals surface area contributed by atoms with Gasteiger partial charge in [-0.05, 0) is 73.0 Å². The van der Waals surface area contributed by atoms with Crippen LogP contribution in [0.2, 0.25) is 0 Å². The normalized spacial score (nSPS) is 23.3. The molecule has 0 aromatic heterocycles. The van der Waals surface area contributed by atoms with Crippen LogP contribution in [0.3, 0.4) is 0 Å². The van der Waals surface area contributed by atoms with Gasteiger partial charge in [-0.3, -0.25) is 4.90 Å². The van der Waals surface area contributed by atoms with Crippen molar-refractivity contribution in [3.05, 3.63) is 24.3 Å². The van der Waals surface area contributed by atoms with E-state index in [4.69, 9.17) is 18.8 Å². The maximum absolute atomic E-state index is 12.4. The van der Waals surface area contributed by atoms with Crippen LogP contribution in [-0.4, -0.2) is 78.6 Å². The minimum atomic E-state index is -0.476. The average Bonchev–Trinajstić information content (AvgIpc) is 2.88. The molecule has 0 spiro atoms. The van der Waals surface area contributed by atoms with E-state index in [0.29, 0.717) is 13.2 Å². The van der Waals surface area contributed by atoms with Gasteiger partial charge in [0.05, 0.1) is 11.2 Å². The molecule has 1 aromatic carbocycles. The van der Waals surface area contributed by atoms with Gasteiger partial charge in [0.2, 0.25) is 0 Å². The Labute approximate surface area is 193 Å². The third-order valence-corrected chi connectivity index (χ3v) is 6.40. The predicted molar refractivity (Wildman–Crippen MR) is 126 cm³/mol. The zero-order valence-electron chi connectivity index (χ0n) is 20.9. The Balaban J connectivity index is 1.48. The quantitative estimate of drug-likeness (QED) is 0.647. The molecule has 0 N–H and O–H groups in total. The lowest BCUT2D eigenvalue weighted by molar-refractivity contribution is 0.000356. The highest BCUT2D eigenvalue weighted by Gasteiger charge is 2.51. The van der Waals surface area contributed by atoms with E-state index in [9.17, 15) is 4.79 Å². The molecule has 7 nitrogen and oxygen atoms in total. The number of carbonyl (C=O) groups excluding carboxylic acids is 1. The predicted octanol–water partition coefficient (Wildman–Crippen LogP) is 3.31. The van der Waals surface area contributed by atoms with E-state index in [1.165, 1.54) is 0 Å². The van der Waals surface area contributed by atoms with Crippen LogP contribution in [0.25, 0.3) is 0 Å². The average molecular weight is 446 g/mol. The Hall–Kier alpha value is -1.77. The molecule has 2 saturated heterocycles. The van der Waals surface area contributed by atoms with Crippen LogP contribution >= 0.6 is 0 Å². The largest absolute Gasteiger partial charge is 0.494 e. The van der Waals surface area contributed by atoms with Crippen molar-refractivity contribution >= 4 is 18.7 Å². The van der Waals surface area contributed by atoms with E-state index < -0.39 is 12.7 Å². The van der Waals surface area contributed by atoms with Crippen LogP contribution < -0.4 is 10.2 Å². The molecule has 0 radical (unpaired) electrons. The minimum absolute atomic E-state index is 0.102. The maximum atomic E-state index is 12.4. The molecule has 2 aliphatic heterocycles. The van der Waals surface area contributed by atoms with Crippen molar-refractivity contribution in [3.8, 4) is 5.75 Å². The number of nitrogens with zero attached hydrogens (tertiary/aromatic N) is 2. The van der Waals surface area contributed by atoms with Crippen LogP contribution in [0, 0.1) is 0 Å². The number of hydrogen-bond donors (Lipinski definition) is 0. The smallest absolute Gasteiger partial charge is 0.492 e. The van der Waals surface area contributed by atoms with Gasteiger partial charge in [-0.15, -0.1) is 0 Å². The summed E-state index contributed by atoms with van der Waals surface area (Å²) >= 11 is 0. The number of piperazine rings is 1. The van der Waals surface area contributed by atoms with Crippen molar-refractivity contribution < 1.29 is 23.6 Å². The first-order chi connectivity index (χ1) is 14.8. The number of benzene rings is 1. The molecule has 3 rings (SSSR count). The lowest BCUT2D eigenvalue weighted by atomic mass is 9.79. The number of carbonyl (C=O) groups is 1. The van der Waals surface area contributed by atoms with Gasteiger partial charge >= 0.3 is 13.2 Å². The number of hydrogen-bond acceptors (Lipinski definition) is 6. The fourth-order valence-electron chi connectivity index (χ4n) is 3.85. The van der Waals surface area contributed by atoms with Crippen molar-refractivity contribution in [1.82, 2.24) is 9.80 Å². The van der Waals surface area contributed by atoms with Gasteiger partial charge in [-0.2, -0.15) is 0 Å². The monoisotopic (exact) mass is 446 g/mol. The van der Waals surface area contributed by atoms with E-state index in [1.54, 1.807) is 0 Å². The Kier molecular flexibility index (Phi) is 7.18. The third kappa shape index (κ3) is 5.97. The molecule has 0 saturated carbocycles. The van der Waals surface area contributed by atoms with E-state index in [0.717, 1.165) is 30.8 Å². The summed E-state index contributed by atoms with van der Waals surface area (Å²) in [6.07, 6.45) is -0.236. The first-order valence-electron chi connectivity index (χ1n) is 11.6. The minimum Gasteiger partial charge on any atom is -0.492 e. The number of amides is 1. The Morgan fingerprint density at radius 3 is 2.41 bits per heavy atom. The SMILES string of the molecule is C[C@H]1CN(CCOc2cccc(B3OC(C)(C)C(C)(C)O3)c2)CCN1C(=O)OC(C)(C)C. The van der Waals surface area contributed by atoms with Crippen molar-refractivity contribution in [2.24, 2.45) is 0 Å². The summed E-state index contributed by atoms with van der Waals surface area (Å²) in [4.78, 5) is 16.5. The topological polar surface area (TPSA) is 60.5 Å². The highest BCUT2D eigenvalue weighted by atomic mass is 16.7. The molecule has 32 heavy (non-hydrogen) atoms. The molecule has 1 aromatic rings. The number of rotatable bonds is 5. The van der Waals surface area contributed by atoms with Crippen LogP contribution in [-0.2, 0) is 14.0 Å². The molecule has 8 heteroatoms. The first-order valence-corrected chi connectivity index (χ1v) is 11.6.